The summed E-state index contributed by atoms with van der Waals surface area (Å²) in [6, 6.07) is 4.41. The second-order valence-corrected chi connectivity index (χ2v) is 5.39. The lowest BCUT2D eigenvalue weighted by atomic mass is 9.99. The normalized spacial score (nSPS) is 29.6. The van der Waals surface area contributed by atoms with E-state index in [0.717, 1.165) is 6.08 Å². The summed E-state index contributed by atoms with van der Waals surface area (Å²) in [6.07, 6.45) is -5.11. The average Bonchev–Trinajstić information content (AvgIpc) is 2.61. The van der Waals surface area contributed by atoms with E-state index in [2.05, 4.69) is 0 Å². The quantitative estimate of drug-likeness (QED) is 0.323. The molecule has 1 aromatic carbocycles. The minimum absolute atomic E-state index is 0.0553. The molecule has 0 radical (unpaired) electrons. The van der Waals surface area contributed by atoms with Crippen LogP contribution in [0.25, 0.3) is 6.08 Å². The first-order chi connectivity index (χ1) is 11.9. The minimum Gasteiger partial charge on any atom is -0.504 e. The maximum absolute atomic E-state index is 11.9. The number of carbonyl (C=O) groups excluding carboxylic acids is 1. The summed E-state index contributed by atoms with van der Waals surface area (Å²) in [5.41, 5.74) is 0.535. The topological polar surface area (TPSA) is 146 Å². The molecule has 0 aliphatic carbocycles. The van der Waals surface area contributed by atoms with Crippen molar-refractivity contribution < 1.29 is 44.5 Å². The van der Waals surface area contributed by atoms with E-state index in [1.165, 1.54) is 31.4 Å². The summed E-state index contributed by atoms with van der Waals surface area (Å²) in [5, 5.41) is 47.9. The van der Waals surface area contributed by atoms with Gasteiger partial charge < -0.3 is 39.7 Å². The Hall–Kier alpha value is -2.17. The number of aliphatic hydroxyl groups is 4. The van der Waals surface area contributed by atoms with Crippen molar-refractivity contribution in [2.75, 3.05) is 13.7 Å². The van der Waals surface area contributed by atoms with Crippen molar-refractivity contribution in [3.63, 3.8) is 0 Å². The number of aliphatic hydroxyl groups excluding tert-OH is 4. The van der Waals surface area contributed by atoms with Gasteiger partial charge in [-0.1, -0.05) is 6.07 Å². The fourth-order valence-corrected chi connectivity index (χ4v) is 2.33. The smallest absolute Gasteiger partial charge is 0.331 e. The van der Waals surface area contributed by atoms with E-state index in [0.29, 0.717) is 5.56 Å². The summed E-state index contributed by atoms with van der Waals surface area (Å²) in [7, 11) is 1.38. The first-order valence-electron chi connectivity index (χ1n) is 7.43. The van der Waals surface area contributed by atoms with E-state index in [1.54, 1.807) is 0 Å². The Labute approximate surface area is 143 Å². The zero-order chi connectivity index (χ0) is 18.6. The molecule has 138 valence electrons. The molecule has 0 bridgehead atoms. The molecule has 1 aromatic rings. The number of rotatable bonds is 5. The second-order valence-electron chi connectivity index (χ2n) is 5.39. The summed E-state index contributed by atoms with van der Waals surface area (Å²) in [4.78, 5) is 11.9. The Morgan fingerprint density at radius 1 is 1.28 bits per heavy atom. The molecular weight excluding hydrogens is 336 g/mol. The third kappa shape index (κ3) is 4.47. The molecule has 9 nitrogen and oxygen atoms in total. The molecule has 1 heterocycles. The number of hydrogen-bond acceptors (Lipinski definition) is 9. The van der Waals surface area contributed by atoms with E-state index in [1.807, 2.05) is 0 Å². The van der Waals surface area contributed by atoms with Crippen molar-refractivity contribution in [3.8, 4) is 11.5 Å². The SMILES string of the molecule is COc1cc(/C=C/C(=O)O[C@H]2C(O)O[C@H](CO)[C@@H](O)[C@@H]2O)ccc1O. The maximum atomic E-state index is 11.9. The molecule has 1 fully saturated rings. The van der Waals surface area contributed by atoms with Crippen LogP contribution in [0.2, 0.25) is 0 Å². The molecule has 5 N–H and O–H groups in total. The zero-order valence-corrected chi connectivity index (χ0v) is 13.3. The van der Waals surface area contributed by atoms with Gasteiger partial charge in [-0.2, -0.15) is 0 Å². The molecule has 25 heavy (non-hydrogen) atoms. The molecule has 1 aliphatic rings. The number of hydrogen-bond donors (Lipinski definition) is 5. The molecule has 5 atom stereocenters. The molecule has 2 rings (SSSR count). The fraction of sp³-hybridized carbons (Fsp3) is 0.438. The predicted octanol–water partition coefficient (Wildman–Crippen LogP) is -1.24. The predicted molar refractivity (Wildman–Crippen MR) is 83.6 cm³/mol. The van der Waals surface area contributed by atoms with Crippen molar-refractivity contribution in [1.29, 1.82) is 0 Å². The third-order valence-electron chi connectivity index (χ3n) is 3.71. The minimum atomic E-state index is -1.69. The van der Waals surface area contributed by atoms with E-state index < -0.39 is 43.3 Å². The highest BCUT2D eigenvalue weighted by molar-refractivity contribution is 5.87. The van der Waals surface area contributed by atoms with E-state index >= 15 is 0 Å². The Bertz CT molecular complexity index is 630. The lowest BCUT2D eigenvalue weighted by Crippen LogP contribution is -2.59. The maximum Gasteiger partial charge on any atom is 0.331 e. The van der Waals surface area contributed by atoms with Gasteiger partial charge in [0.05, 0.1) is 13.7 Å². The van der Waals surface area contributed by atoms with Crippen LogP contribution in [0, 0.1) is 0 Å². The van der Waals surface area contributed by atoms with Crippen LogP contribution in [0.1, 0.15) is 5.56 Å². The van der Waals surface area contributed by atoms with Gasteiger partial charge in [-0.15, -0.1) is 0 Å². The van der Waals surface area contributed by atoms with Crippen molar-refractivity contribution in [2.45, 2.75) is 30.7 Å². The van der Waals surface area contributed by atoms with Gasteiger partial charge in [0, 0.05) is 6.08 Å². The van der Waals surface area contributed by atoms with Crippen molar-refractivity contribution in [3.05, 3.63) is 29.8 Å². The number of aromatic hydroxyl groups is 1. The van der Waals surface area contributed by atoms with Crippen LogP contribution in [0.4, 0.5) is 0 Å². The van der Waals surface area contributed by atoms with Gasteiger partial charge in [-0.25, -0.2) is 4.79 Å². The van der Waals surface area contributed by atoms with Crippen LogP contribution in [-0.4, -0.2) is 75.9 Å². The number of phenolic OH excluding ortho intramolecular Hbond substituents is 1. The van der Waals surface area contributed by atoms with E-state index in [4.69, 9.17) is 19.3 Å². The second kappa shape index (κ2) is 8.28. The van der Waals surface area contributed by atoms with Crippen LogP contribution in [0.3, 0.4) is 0 Å². The Morgan fingerprint density at radius 3 is 2.64 bits per heavy atom. The third-order valence-corrected chi connectivity index (χ3v) is 3.71. The largest absolute Gasteiger partial charge is 0.504 e. The molecule has 9 heteroatoms. The van der Waals surface area contributed by atoms with Gasteiger partial charge in [-0.05, 0) is 23.8 Å². The van der Waals surface area contributed by atoms with Crippen LogP contribution in [-0.2, 0) is 14.3 Å². The molecule has 1 saturated heterocycles. The Kier molecular flexibility index (Phi) is 6.34. The summed E-state index contributed by atoms with van der Waals surface area (Å²) in [6.45, 7) is -0.613. The Morgan fingerprint density at radius 2 is 2.00 bits per heavy atom. The van der Waals surface area contributed by atoms with Gasteiger partial charge in [0.2, 0.25) is 0 Å². The van der Waals surface area contributed by atoms with Crippen molar-refractivity contribution in [1.82, 2.24) is 0 Å². The number of methoxy groups -OCH3 is 1. The summed E-state index contributed by atoms with van der Waals surface area (Å²) < 4.78 is 14.7. The standard InChI is InChI=1S/C16H20O9/c1-23-10-6-8(2-4-9(10)18)3-5-12(19)25-15-14(21)13(20)11(7-17)24-16(15)22/h2-6,11,13-18,20-22H,7H2,1H3/b5-3+/t11-,13-,14+,15-,16?/m1/s1. The Balaban J connectivity index is 2.02. The van der Waals surface area contributed by atoms with Crippen LogP contribution in [0.5, 0.6) is 11.5 Å². The highest BCUT2D eigenvalue weighted by atomic mass is 16.7. The average molecular weight is 356 g/mol. The first-order valence-corrected chi connectivity index (χ1v) is 7.43. The fourth-order valence-electron chi connectivity index (χ4n) is 2.33. The zero-order valence-electron chi connectivity index (χ0n) is 13.3. The summed E-state index contributed by atoms with van der Waals surface area (Å²) in [5.74, 6) is -0.728. The molecule has 0 spiro atoms. The molecule has 0 aromatic heterocycles. The van der Waals surface area contributed by atoms with Crippen LogP contribution >= 0.6 is 0 Å². The van der Waals surface area contributed by atoms with E-state index in [-0.39, 0.29) is 11.5 Å². The monoisotopic (exact) mass is 356 g/mol. The van der Waals surface area contributed by atoms with Crippen LogP contribution in [0.15, 0.2) is 24.3 Å². The molecule has 1 unspecified atom stereocenters. The van der Waals surface area contributed by atoms with Crippen LogP contribution < -0.4 is 4.74 Å². The number of esters is 1. The molecule has 1 aliphatic heterocycles. The number of benzene rings is 1. The molecule has 0 saturated carbocycles. The van der Waals surface area contributed by atoms with Gasteiger partial charge in [-0.3, -0.25) is 0 Å². The molecular formula is C16H20O9. The van der Waals surface area contributed by atoms with Gasteiger partial charge in [0.15, 0.2) is 23.9 Å². The van der Waals surface area contributed by atoms with E-state index in [9.17, 15) is 25.2 Å². The van der Waals surface area contributed by atoms with Gasteiger partial charge in [0.25, 0.3) is 0 Å². The number of ether oxygens (including phenoxy) is 3. The summed E-state index contributed by atoms with van der Waals surface area (Å²) >= 11 is 0. The van der Waals surface area contributed by atoms with Gasteiger partial charge in [0.1, 0.15) is 18.3 Å². The van der Waals surface area contributed by atoms with Crippen molar-refractivity contribution in [2.24, 2.45) is 0 Å². The number of carbonyl (C=O) groups is 1. The highest BCUT2D eigenvalue weighted by Crippen LogP contribution is 2.27. The van der Waals surface area contributed by atoms with Crippen molar-refractivity contribution >= 4 is 12.0 Å². The number of phenols is 1. The first kappa shape index (κ1) is 19.2. The van der Waals surface area contributed by atoms with Gasteiger partial charge >= 0.3 is 5.97 Å². The lowest BCUT2D eigenvalue weighted by Gasteiger charge is -2.39. The lowest BCUT2D eigenvalue weighted by molar-refractivity contribution is -0.289. The highest BCUT2D eigenvalue weighted by Gasteiger charge is 2.45. The molecule has 0 amide bonds.